The zero-order chi connectivity index (χ0) is 13.7. The lowest BCUT2D eigenvalue weighted by Gasteiger charge is -2.08. The van der Waals surface area contributed by atoms with Crippen LogP contribution in [-0.4, -0.2) is 12.1 Å². The number of hydrogen-bond acceptors (Lipinski definition) is 4. The maximum Gasteiger partial charge on any atom is 0.239 e. The summed E-state index contributed by atoms with van der Waals surface area (Å²) >= 11 is 6.03. The Hall–Kier alpha value is -2.09. The van der Waals surface area contributed by atoms with Crippen LogP contribution in [0.3, 0.4) is 0 Å². The molecule has 96 valence electrons. The van der Waals surface area contributed by atoms with Gasteiger partial charge in [0.25, 0.3) is 0 Å². The molecular formula is C14H11ClN2O2. The SMILES string of the molecule is COCc1cccc(Oc2nccc(C#N)c2Cl)c1. The summed E-state index contributed by atoms with van der Waals surface area (Å²) in [7, 11) is 1.63. The van der Waals surface area contributed by atoms with E-state index in [2.05, 4.69) is 4.98 Å². The van der Waals surface area contributed by atoms with Gasteiger partial charge in [-0.15, -0.1) is 0 Å². The number of hydrogen-bond donors (Lipinski definition) is 0. The van der Waals surface area contributed by atoms with E-state index in [4.69, 9.17) is 26.3 Å². The van der Waals surface area contributed by atoms with E-state index in [-0.39, 0.29) is 10.9 Å². The Morgan fingerprint density at radius 3 is 2.95 bits per heavy atom. The summed E-state index contributed by atoms with van der Waals surface area (Å²) in [5, 5.41) is 9.10. The van der Waals surface area contributed by atoms with Crippen LogP contribution in [-0.2, 0) is 11.3 Å². The van der Waals surface area contributed by atoms with Crippen LogP contribution in [0.15, 0.2) is 36.5 Å². The molecule has 0 aliphatic carbocycles. The quantitative estimate of drug-likeness (QED) is 0.855. The Morgan fingerprint density at radius 1 is 1.37 bits per heavy atom. The van der Waals surface area contributed by atoms with Gasteiger partial charge in [-0.2, -0.15) is 5.26 Å². The van der Waals surface area contributed by atoms with Crippen molar-refractivity contribution in [1.82, 2.24) is 4.98 Å². The monoisotopic (exact) mass is 274 g/mol. The molecule has 0 saturated heterocycles. The minimum absolute atomic E-state index is 0.210. The molecule has 1 aromatic carbocycles. The number of rotatable bonds is 4. The summed E-state index contributed by atoms with van der Waals surface area (Å²) in [4.78, 5) is 4.02. The van der Waals surface area contributed by atoms with Crippen LogP contribution >= 0.6 is 11.6 Å². The third-order valence-corrected chi connectivity index (χ3v) is 2.77. The zero-order valence-corrected chi connectivity index (χ0v) is 11.0. The number of benzene rings is 1. The third kappa shape index (κ3) is 3.22. The normalized spacial score (nSPS) is 9.95. The Bertz CT molecular complexity index is 623. The first kappa shape index (κ1) is 13.3. The van der Waals surface area contributed by atoms with Crippen LogP contribution in [0, 0.1) is 11.3 Å². The maximum atomic E-state index is 8.89. The molecule has 0 N–H and O–H groups in total. The summed E-state index contributed by atoms with van der Waals surface area (Å²) in [5.74, 6) is 0.814. The van der Waals surface area contributed by atoms with Gasteiger partial charge >= 0.3 is 0 Å². The molecular weight excluding hydrogens is 264 g/mol. The molecule has 0 atom stereocenters. The summed E-state index contributed by atoms with van der Waals surface area (Å²) < 4.78 is 10.6. The van der Waals surface area contributed by atoms with Gasteiger partial charge in [-0.05, 0) is 23.8 Å². The highest BCUT2D eigenvalue weighted by Crippen LogP contribution is 2.29. The first-order valence-electron chi connectivity index (χ1n) is 5.55. The summed E-state index contributed by atoms with van der Waals surface area (Å²) in [6.07, 6.45) is 1.48. The van der Waals surface area contributed by atoms with Crippen molar-refractivity contribution in [3.8, 4) is 17.7 Å². The van der Waals surface area contributed by atoms with Gasteiger partial charge in [-0.25, -0.2) is 4.98 Å². The van der Waals surface area contributed by atoms with E-state index in [9.17, 15) is 0 Å². The molecule has 0 unspecified atom stereocenters. The van der Waals surface area contributed by atoms with Crippen molar-refractivity contribution in [3.05, 3.63) is 52.7 Å². The van der Waals surface area contributed by atoms with Crippen molar-refractivity contribution in [2.75, 3.05) is 7.11 Å². The van der Waals surface area contributed by atoms with Crippen molar-refractivity contribution in [1.29, 1.82) is 5.26 Å². The zero-order valence-electron chi connectivity index (χ0n) is 10.3. The van der Waals surface area contributed by atoms with Gasteiger partial charge in [0, 0.05) is 13.3 Å². The van der Waals surface area contributed by atoms with E-state index in [1.165, 1.54) is 12.3 Å². The van der Waals surface area contributed by atoms with E-state index in [0.717, 1.165) is 5.56 Å². The van der Waals surface area contributed by atoms with Crippen LogP contribution in [0.2, 0.25) is 5.02 Å². The smallest absolute Gasteiger partial charge is 0.239 e. The second-order valence-electron chi connectivity index (χ2n) is 3.77. The van der Waals surface area contributed by atoms with Crippen molar-refractivity contribution >= 4 is 11.6 Å². The van der Waals surface area contributed by atoms with Crippen LogP contribution in [0.1, 0.15) is 11.1 Å². The number of nitriles is 1. The lowest BCUT2D eigenvalue weighted by molar-refractivity contribution is 0.184. The number of aromatic nitrogens is 1. The molecule has 5 heteroatoms. The average Bonchev–Trinajstić information content (AvgIpc) is 2.42. The van der Waals surface area contributed by atoms with Gasteiger partial charge in [-0.3, -0.25) is 0 Å². The van der Waals surface area contributed by atoms with Crippen molar-refractivity contribution in [3.63, 3.8) is 0 Å². The van der Waals surface area contributed by atoms with Gasteiger partial charge in [-0.1, -0.05) is 23.7 Å². The molecule has 0 aliphatic heterocycles. The second kappa shape index (κ2) is 6.19. The van der Waals surface area contributed by atoms with Crippen LogP contribution in [0.5, 0.6) is 11.6 Å². The number of nitrogens with zero attached hydrogens (tertiary/aromatic N) is 2. The van der Waals surface area contributed by atoms with Gasteiger partial charge in [0.15, 0.2) is 0 Å². The molecule has 2 aromatic rings. The van der Waals surface area contributed by atoms with E-state index in [1.54, 1.807) is 13.2 Å². The number of halogens is 1. The van der Waals surface area contributed by atoms with E-state index in [0.29, 0.717) is 17.9 Å². The minimum atomic E-state index is 0.210. The molecule has 0 spiro atoms. The fraction of sp³-hybridized carbons (Fsp3) is 0.143. The van der Waals surface area contributed by atoms with Gasteiger partial charge < -0.3 is 9.47 Å². The highest BCUT2D eigenvalue weighted by Gasteiger charge is 2.09. The van der Waals surface area contributed by atoms with Gasteiger partial charge in [0.05, 0.1) is 12.2 Å². The molecule has 1 heterocycles. The predicted octanol–water partition coefficient (Wildman–Crippen LogP) is 3.55. The molecule has 0 aliphatic rings. The van der Waals surface area contributed by atoms with Crippen LogP contribution < -0.4 is 4.74 Å². The first-order chi connectivity index (χ1) is 9.24. The molecule has 0 radical (unpaired) electrons. The third-order valence-electron chi connectivity index (χ3n) is 2.40. The molecule has 1 aromatic heterocycles. The van der Waals surface area contributed by atoms with Crippen molar-refractivity contribution in [2.45, 2.75) is 6.61 Å². The topological polar surface area (TPSA) is 55.1 Å². The number of methoxy groups -OCH3 is 1. The van der Waals surface area contributed by atoms with Crippen LogP contribution in [0.25, 0.3) is 0 Å². The highest BCUT2D eigenvalue weighted by molar-refractivity contribution is 6.33. The lowest BCUT2D eigenvalue weighted by atomic mass is 10.2. The molecule has 0 saturated carbocycles. The van der Waals surface area contributed by atoms with E-state index < -0.39 is 0 Å². The molecule has 2 rings (SSSR count). The molecule has 19 heavy (non-hydrogen) atoms. The van der Waals surface area contributed by atoms with E-state index >= 15 is 0 Å². The number of ether oxygens (including phenoxy) is 2. The lowest BCUT2D eigenvalue weighted by Crippen LogP contribution is -1.93. The second-order valence-corrected chi connectivity index (χ2v) is 4.15. The predicted molar refractivity (Wildman–Crippen MR) is 71.2 cm³/mol. The fourth-order valence-corrected chi connectivity index (χ4v) is 1.75. The average molecular weight is 275 g/mol. The fourth-order valence-electron chi connectivity index (χ4n) is 1.56. The molecule has 0 amide bonds. The van der Waals surface area contributed by atoms with Gasteiger partial charge in [0.1, 0.15) is 16.8 Å². The Morgan fingerprint density at radius 2 is 2.21 bits per heavy atom. The maximum absolute atomic E-state index is 8.89. The highest BCUT2D eigenvalue weighted by atomic mass is 35.5. The molecule has 0 bridgehead atoms. The Labute approximate surface area is 116 Å². The Kier molecular flexibility index (Phi) is 4.35. The largest absolute Gasteiger partial charge is 0.437 e. The van der Waals surface area contributed by atoms with Crippen molar-refractivity contribution < 1.29 is 9.47 Å². The van der Waals surface area contributed by atoms with Gasteiger partial charge in [0.2, 0.25) is 5.88 Å². The van der Waals surface area contributed by atoms with E-state index in [1.807, 2.05) is 24.3 Å². The minimum Gasteiger partial charge on any atom is -0.437 e. The summed E-state index contributed by atoms with van der Waals surface area (Å²) in [6.45, 7) is 0.497. The van der Waals surface area contributed by atoms with Crippen molar-refractivity contribution in [2.24, 2.45) is 0 Å². The summed E-state index contributed by atoms with van der Waals surface area (Å²) in [5.41, 5.74) is 1.31. The standard InChI is InChI=1S/C14H11ClN2O2/c1-18-9-10-3-2-4-12(7-10)19-14-13(15)11(8-16)5-6-17-14/h2-7H,9H2,1H3. The summed E-state index contributed by atoms with van der Waals surface area (Å²) in [6, 6.07) is 10.9. The number of pyridine rings is 1. The molecule has 0 fully saturated rings. The van der Waals surface area contributed by atoms with Crippen LogP contribution in [0.4, 0.5) is 0 Å². The Balaban J connectivity index is 2.26. The molecule has 4 nitrogen and oxygen atoms in total. The first-order valence-corrected chi connectivity index (χ1v) is 5.92.